The molecule has 0 bridgehead atoms. The highest BCUT2D eigenvalue weighted by Gasteiger charge is 2.26. The van der Waals surface area contributed by atoms with Crippen molar-refractivity contribution >= 4 is 11.8 Å². The summed E-state index contributed by atoms with van der Waals surface area (Å²) in [5.41, 5.74) is 7.34. The smallest absolute Gasteiger partial charge is 0.119 e. The van der Waals surface area contributed by atoms with E-state index in [1.54, 1.807) is 0 Å². The average molecular weight is 294 g/mol. The van der Waals surface area contributed by atoms with E-state index in [4.69, 9.17) is 10.5 Å². The quantitative estimate of drug-likeness (QED) is 0.875. The molecule has 20 heavy (non-hydrogen) atoms. The van der Waals surface area contributed by atoms with Crippen LogP contribution < -0.4 is 10.5 Å². The lowest BCUT2D eigenvalue weighted by molar-refractivity contribution is 0.165. The Labute approximate surface area is 126 Å². The molecule has 1 aromatic carbocycles. The zero-order valence-corrected chi connectivity index (χ0v) is 13.4. The maximum atomic E-state index is 6.06. The van der Waals surface area contributed by atoms with Crippen LogP contribution in [0.1, 0.15) is 31.9 Å². The van der Waals surface area contributed by atoms with Crippen LogP contribution in [-0.4, -0.2) is 42.1 Å². The van der Waals surface area contributed by atoms with E-state index in [2.05, 4.69) is 36.9 Å². The largest absolute Gasteiger partial charge is 0.494 e. The molecular weight excluding hydrogens is 268 g/mol. The van der Waals surface area contributed by atoms with E-state index in [0.717, 1.165) is 25.3 Å². The van der Waals surface area contributed by atoms with Crippen LogP contribution in [0, 0.1) is 0 Å². The van der Waals surface area contributed by atoms with Crippen molar-refractivity contribution in [2.24, 2.45) is 5.73 Å². The Balaban J connectivity index is 2.13. The molecule has 112 valence electrons. The van der Waals surface area contributed by atoms with Crippen LogP contribution in [-0.2, 0) is 0 Å². The SMILES string of the molecule is CCCOc1cccc(C(CN)N2CCSCC2C)c1. The Bertz CT molecular complexity index is 413. The molecule has 0 radical (unpaired) electrons. The molecule has 2 N–H and O–H groups in total. The molecule has 0 spiro atoms. The van der Waals surface area contributed by atoms with E-state index in [1.807, 2.05) is 17.8 Å². The summed E-state index contributed by atoms with van der Waals surface area (Å²) in [6.07, 6.45) is 1.03. The van der Waals surface area contributed by atoms with Gasteiger partial charge < -0.3 is 10.5 Å². The second-order valence-electron chi connectivity index (χ2n) is 5.33. The molecule has 3 nitrogen and oxygen atoms in total. The highest BCUT2D eigenvalue weighted by Crippen LogP contribution is 2.29. The van der Waals surface area contributed by atoms with Crippen LogP contribution in [0.2, 0.25) is 0 Å². The van der Waals surface area contributed by atoms with E-state index in [1.165, 1.54) is 17.1 Å². The van der Waals surface area contributed by atoms with Crippen LogP contribution in [0.15, 0.2) is 24.3 Å². The summed E-state index contributed by atoms with van der Waals surface area (Å²) in [6.45, 7) is 6.97. The molecule has 1 aliphatic heterocycles. The lowest BCUT2D eigenvalue weighted by Crippen LogP contribution is -2.45. The molecule has 1 fully saturated rings. The van der Waals surface area contributed by atoms with Gasteiger partial charge in [-0.3, -0.25) is 4.90 Å². The fourth-order valence-corrected chi connectivity index (χ4v) is 3.74. The number of hydrogen-bond donors (Lipinski definition) is 1. The van der Waals surface area contributed by atoms with Crippen LogP contribution >= 0.6 is 11.8 Å². The van der Waals surface area contributed by atoms with E-state index in [9.17, 15) is 0 Å². The fraction of sp³-hybridized carbons (Fsp3) is 0.625. The third-order valence-electron chi connectivity index (χ3n) is 3.76. The molecule has 0 saturated carbocycles. The second kappa shape index (κ2) is 7.91. The molecule has 4 heteroatoms. The maximum absolute atomic E-state index is 6.06. The number of benzene rings is 1. The minimum Gasteiger partial charge on any atom is -0.494 e. The zero-order valence-electron chi connectivity index (χ0n) is 12.5. The number of rotatable bonds is 6. The van der Waals surface area contributed by atoms with E-state index >= 15 is 0 Å². The Hall–Kier alpha value is -0.710. The number of thioether (sulfide) groups is 1. The molecule has 2 unspecified atom stereocenters. The van der Waals surface area contributed by atoms with Gasteiger partial charge in [0.2, 0.25) is 0 Å². The molecular formula is C16H26N2OS. The minimum atomic E-state index is 0.302. The van der Waals surface area contributed by atoms with Gasteiger partial charge in [-0.1, -0.05) is 19.1 Å². The summed E-state index contributed by atoms with van der Waals surface area (Å²) in [5, 5.41) is 0. The monoisotopic (exact) mass is 294 g/mol. The molecule has 0 aliphatic carbocycles. The van der Waals surface area contributed by atoms with Gasteiger partial charge >= 0.3 is 0 Å². The lowest BCUT2D eigenvalue weighted by atomic mass is 10.0. The summed E-state index contributed by atoms with van der Waals surface area (Å²) >= 11 is 2.04. The summed E-state index contributed by atoms with van der Waals surface area (Å²) in [5.74, 6) is 3.36. The van der Waals surface area contributed by atoms with E-state index in [0.29, 0.717) is 18.6 Å². The van der Waals surface area contributed by atoms with Crippen LogP contribution in [0.25, 0.3) is 0 Å². The Kier molecular flexibility index (Phi) is 6.20. The highest BCUT2D eigenvalue weighted by atomic mass is 32.2. The number of nitrogens with zero attached hydrogens (tertiary/aromatic N) is 1. The number of hydrogen-bond acceptors (Lipinski definition) is 4. The summed E-state index contributed by atoms with van der Waals surface area (Å²) in [7, 11) is 0. The molecule has 2 rings (SSSR count). The molecule has 0 amide bonds. The number of ether oxygens (including phenoxy) is 1. The zero-order chi connectivity index (χ0) is 14.4. The summed E-state index contributed by atoms with van der Waals surface area (Å²) in [4.78, 5) is 2.54. The summed E-state index contributed by atoms with van der Waals surface area (Å²) < 4.78 is 5.74. The molecule has 2 atom stereocenters. The van der Waals surface area contributed by atoms with Gasteiger partial charge in [0.15, 0.2) is 0 Å². The van der Waals surface area contributed by atoms with Gasteiger partial charge in [-0.25, -0.2) is 0 Å². The van der Waals surface area contributed by atoms with Gasteiger partial charge in [-0.2, -0.15) is 11.8 Å². The lowest BCUT2D eigenvalue weighted by Gasteiger charge is -2.39. The minimum absolute atomic E-state index is 0.302. The van der Waals surface area contributed by atoms with Gasteiger partial charge in [0.25, 0.3) is 0 Å². The van der Waals surface area contributed by atoms with Crippen molar-refractivity contribution in [2.75, 3.05) is 31.2 Å². The van der Waals surface area contributed by atoms with Crippen molar-refractivity contribution in [2.45, 2.75) is 32.4 Å². The first-order valence-electron chi connectivity index (χ1n) is 7.52. The maximum Gasteiger partial charge on any atom is 0.119 e. The van der Waals surface area contributed by atoms with Crippen molar-refractivity contribution in [1.29, 1.82) is 0 Å². The molecule has 1 aromatic rings. The Morgan fingerprint density at radius 2 is 2.35 bits per heavy atom. The topological polar surface area (TPSA) is 38.5 Å². The fourth-order valence-electron chi connectivity index (χ4n) is 2.70. The van der Waals surface area contributed by atoms with Gasteiger partial charge in [-0.15, -0.1) is 0 Å². The van der Waals surface area contributed by atoms with Gasteiger partial charge in [0.1, 0.15) is 5.75 Å². The highest BCUT2D eigenvalue weighted by molar-refractivity contribution is 7.99. The van der Waals surface area contributed by atoms with Crippen molar-refractivity contribution in [3.63, 3.8) is 0 Å². The van der Waals surface area contributed by atoms with Crippen molar-refractivity contribution in [1.82, 2.24) is 4.90 Å². The first-order valence-corrected chi connectivity index (χ1v) is 8.68. The second-order valence-corrected chi connectivity index (χ2v) is 6.48. The third-order valence-corrected chi connectivity index (χ3v) is 4.95. The average Bonchev–Trinajstić information content (AvgIpc) is 2.48. The van der Waals surface area contributed by atoms with Crippen molar-refractivity contribution in [3.8, 4) is 5.75 Å². The van der Waals surface area contributed by atoms with E-state index < -0.39 is 0 Å². The molecule has 0 aromatic heterocycles. The van der Waals surface area contributed by atoms with Crippen LogP contribution in [0.3, 0.4) is 0 Å². The first kappa shape index (κ1) is 15.7. The van der Waals surface area contributed by atoms with Gasteiger partial charge in [0, 0.05) is 36.7 Å². The molecule has 1 aliphatic rings. The van der Waals surface area contributed by atoms with Crippen LogP contribution in [0.4, 0.5) is 0 Å². The Morgan fingerprint density at radius 1 is 1.50 bits per heavy atom. The van der Waals surface area contributed by atoms with Crippen molar-refractivity contribution < 1.29 is 4.74 Å². The van der Waals surface area contributed by atoms with Gasteiger partial charge in [-0.05, 0) is 31.0 Å². The summed E-state index contributed by atoms with van der Waals surface area (Å²) in [6, 6.07) is 9.32. The third kappa shape index (κ3) is 3.90. The predicted molar refractivity (Wildman–Crippen MR) is 87.5 cm³/mol. The number of nitrogens with two attached hydrogens (primary N) is 1. The van der Waals surface area contributed by atoms with E-state index in [-0.39, 0.29) is 0 Å². The van der Waals surface area contributed by atoms with Gasteiger partial charge in [0.05, 0.1) is 6.61 Å². The Morgan fingerprint density at radius 3 is 3.05 bits per heavy atom. The predicted octanol–water partition coefficient (Wildman–Crippen LogP) is 2.91. The standard InChI is InChI=1S/C16H26N2OS/c1-3-8-19-15-6-4-5-14(10-15)16(11-17)18-7-9-20-12-13(18)2/h4-6,10,13,16H,3,7-9,11-12,17H2,1-2H3. The van der Waals surface area contributed by atoms with Crippen molar-refractivity contribution in [3.05, 3.63) is 29.8 Å². The molecule has 1 heterocycles. The first-order chi connectivity index (χ1) is 9.76. The molecule has 1 saturated heterocycles. The van der Waals surface area contributed by atoms with Crippen LogP contribution in [0.5, 0.6) is 5.75 Å². The normalized spacial score (nSPS) is 21.6.